The number of nitrogens with one attached hydrogen (secondary N) is 1. The van der Waals surface area contributed by atoms with E-state index in [2.05, 4.69) is 31.2 Å². The van der Waals surface area contributed by atoms with Gasteiger partial charge in [0, 0.05) is 28.7 Å². The molecule has 1 N–H and O–H groups in total. The Morgan fingerprint density at radius 3 is 2.71 bits per heavy atom. The number of likely N-dealkylation sites (N-methyl/N-ethyl adjacent to an activating group) is 1. The van der Waals surface area contributed by atoms with Crippen molar-refractivity contribution in [2.45, 2.75) is 44.7 Å². The normalized spacial score (nSPS) is 26.3. The van der Waals surface area contributed by atoms with E-state index in [9.17, 15) is 0 Å². The van der Waals surface area contributed by atoms with Crippen LogP contribution in [0.3, 0.4) is 0 Å². The second-order valence-corrected chi connectivity index (χ2v) is 7.50. The van der Waals surface area contributed by atoms with Crippen LogP contribution in [0.25, 0.3) is 0 Å². The zero-order valence-electron chi connectivity index (χ0n) is 13.3. The topological polar surface area (TPSA) is 15.3 Å². The first-order valence-electron chi connectivity index (χ1n) is 7.75. The molecule has 0 bridgehead atoms. The van der Waals surface area contributed by atoms with Gasteiger partial charge < -0.3 is 10.2 Å². The van der Waals surface area contributed by atoms with Gasteiger partial charge in [-0.3, -0.25) is 0 Å². The number of benzene rings is 1. The first-order chi connectivity index (χ1) is 9.93. The zero-order valence-corrected chi connectivity index (χ0v) is 14.8. The van der Waals surface area contributed by atoms with Crippen LogP contribution in [0.15, 0.2) is 18.2 Å². The maximum Gasteiger partial charge on any atom is 0.0465 e. The third-order valence-electron chi connectivity index (χ3n) is 4.80. The van der Waals surface area contributed by atoms with E-state index in [0.717, 1.165) is 29.6 Å². The van der Waals surface area contributed by atoms with Crippen molar-refractivity contribution >= 4 is 23.2 Å². The molecule has 2 atom stereocenters. The van der Waals surface area contributed by atoms with Gasteiger partial charge in [-0.05, 0) is 50.6 Å². The van der Waals surface area contributed by atoms with Crippen molar-refractivity contribution in [3.63, 3.8) is 0 Å². The molecule has 0 amide bonds. The highest BCUT2D eigenvalue weighted by Gasteiger charge is 2.36. The first kappa shape index (κ1) is 17.1. The molecule has 0 heterocycles. The van der Waals surface area contributed by atoms with Crippen LogP contribution >= 0.6 is 23.2 Å². The van der Waals surface area contributed by atoms with Crippen LogP contribution in [0.4, 0.5) is 0 Å². The molecular weight excluding hydrogens is 303 g/mol. The van der Waals surface area contributed by atoms with Crippen LogP contribution in [0.5, 0.6) is 0 Å². The Morgan fingerprint density at radius 1 is 1.33 bits per heavy atom. The summed E-state index contributed by atoms with van der Waals surface area (Å²) in [5.41, 5.74) is 1.38. The molecule has 2 rings (SSSR count). The Bertz CT molecular complexity index is 476. The summed E-state index contributed by atoms with van der Waals surface area (Å²) in [6.07, 6.45) is 5.22. The van der Waals surface area contributed by atoms with E-state index < -0.39 is 0 Å². The van der Waals surface area contributed by atoms with Gasteiger partial charge in [-0.15, -0.1) is 0 Å². The van der Waals surface area contributed by atoms with Gasteiger partial charge in [-0.25, -0.2) is 0 Å². The summed E-state index contributed by atoms with van der Waals surface area (Å²) in [5, 5.41) is 5.04. The fraction of sp³-hybridized carbons (Fsp3) is 0.647. The molecule has 1 aliphatic rings. The minimum Gasteiger partial charge on any atom is -0.311 e. The third kappa shape index (κ3) is 4.35. The molecule has 1 aromatic rings. The van der Waals surface area contributed by atoms with Crippen LogP contribution in [-0.4, -0.2) is 31.1 Å². The SMILES string of the molecule is CC1CCCC(CNCc2ccc(Cl)cc2Cl)(N(C)C)C1. The van der Waals surface area contributed by atoms with E-state index in [1.165, 1.54) is 25.7 Å². The maximum absolute atomic E-state index is 6.24. The molecule has 0 aliphatic heterocycles. The highest BCUT2D eigenvalue weighted by Crippen LogP contribution is 2.35. The fourth-order valence-corrected chi connectivity index (χ4v) is 3.93. The van der Waals surface area contributed by atoms with Crippen molar-refractivity contribution in [1.82, 2.24) is 10.2 Å². The number of nitrogens with zero attached hydrogens (tertiary/aromatic N) is 1. The van der Waals surface area contributed by atoms with E-state index in [-0.39, 0.29) is 5.54 Å². The molecule has 1 aliphatic carbocycles. The summed E-state index contributed by atoms with van der Waals surface area (Å²) in [7, 11) is 4.41. The van der Waals surface area contributed by atoms with Crippen LogP contribution in [0.2, 0.25) is 10.0 Å². The Morgan fingerprint density at radius 2 is 2.10 bits per heavy atom. The molecule has 0 radical (unpaired) electrons. The van der Waals surface area contributed by atoms with E-state index in [1.807, 2.05) is 18.2 Å². The monoisotopic (exact) mass is 328 g/mol. The lowest BCUT2D eigenvalue weighted by molar-refractivity contribution is 0.0749. The average molecular weight is 329 g/mol. The van der Waals surface area contributed by atoms with Crippen LogP contribution < -0.4 is 5.32 Å². The zero-order chi connectivity index (χ0) is 15.5. The highest BCUT2D eigenvalue weighted by molar-refractivity contribution is 6.35. The van der Waals surface area contributed by atoms with Crippen molar-refractivity contribution in [3.8, 4) is 0 Å². The van der Waals surface area contributed by atoms with E-state index in [1.54, 1.807) is 0 Å². The van der Waals surface area contributed by atoms with Crippen LogP contribution in [-0.2, 0) is 6.54 Å². The Hall–Kier alpha value is -0.280. The second-order valence-electron chi connectivity index (χ2n) is 6.66. The number of hydrogen-bond acceptors (Lipinski definition) is 2. The van der Waals surface area contributed by atoms with Crippen LogP contribution in [0, 0.1) is 5.92 Å². The summed E-state index contributed by atoms with van der Waals surface area (Å²) >= 11 is 12.2. The molecule has 2 nitrogen and oxygen atoms in total. The van der Waals surface area contributed by atoms with E-state index in [4.69, 9.17) is 23.2 Å². The van der Waals surface area contributed by atoms with E-state index in [0.29, 0.717) is 5.02 Å². The second kappa shape index (κ2) is 7.32. The standard InChI is InChI=1S/C17H26Cl2N2/c1-13-5-4-8-17(10-13,21(2)3)12-20-11-14-6-7-15(18)9-16(14)19/h6-7,9,13,20H,4-5,8,10-12H2,1-3H3. The van der Waals surface area contributed by atoms with Crippen molar-refractivity contribution < 1.29 is 0 Å². The number of rotatable bonds is 5. The van der Waals surface area contributed by atoms with Crippen molar-refractivity contribution in [3.05, 3.63) is 33.8 Å². The third-order valence-corrected chi connectivity index (χ3v) is 5.39. The minimum absolute atomic E-state index is 0.274. The van der Waals surface area contributed by atoms with Gasteiger partial charge in [-0.1, -0.05) is 49.0 Å². The van der Waals surface area contributed by atoms with Gasteiger partial charge >= 0.3 is 0 Å². The summed E-state index contributed by atoms with van der Waals surface area (Å²) in [4.78, 5) is 2.40. The molecule has 2 unspecified atom stereocenters. The Labute approximate surface area is 138 Å². The maximum atomic E-state index is 6.24. The predicted molar refractivity (Wildman–Crippen MR) is 92.2 cm³/mol. The molecular formula is C17H26Cl2N2. The lowest BCUT2D eigenvalue weighted by atomic mass is 9.75. The largest absolute Gasteiger partial charge is 0.311 e. The van der Waals surface area contributed by atoms with Gasteiger partial charge in [0.05, 0.1) is 0 Å². The molecule has 0 saturated heterocycles. The molecule has 1 saturated carbocycles. The van der Waals surface area contributed by atoms with Crippen molar-refractivity contribution in [2.24, 2.45) is 5.92 Å². The lowest BCUT2D eigenvalue weighted by Crippen LogP contribution is -2.54. The molecule has 1 fully saturated rings. The molecule has 0 aromatic heterocycles. The molecule has 0 spiro atoms. The highest BCUT2D eigenvalue weighted by atomic mass is 35.5. The molecule has 1 aromatic carbocycles. The summed E-state index contributed by atoms with van der Waals surface area (Å²) in [6.45, 7) is 4.16. The van der Waals surface area contributed by atoms with Gasteiger partial charge in [0.2, 0.25) is 0 Å². The fourth-order valence-electron chi connectivity index (χ4n) is 3.45. The van der Waals surface area contributed by atoms with Gasteiger partial charge in [0.25, 0.3) is 0 Å². The molecule has 118 valence electrons. The Kier molecular flexibility index (Phi) is 5.96. The summed E-state index contributed by atoms with van der Waals surface area (Å²) in [6, 6.07) is 5.71. The average Bonchev–Trinajstić information content (AvgIpc) is 2.41. The van der Waals surface area contributed by atoms with Gasteiger partial charge in [0.15, 0.2) is 0 Å². The predicted octanol–water partition coefficient (Wildman–Crippen LogP) is 4.59. The first-order valence-corrected chi connectivity index (χ1v) is 8.51. The quantitative estimate of drug-likeness (QED) is 0.850. The minimum atomic E-state index is 0.274. The van der Waals surface area contributed by atoms with Crippen LogP contribution in [0.1, 0.15) is 38.2 Å². The molecule has 21 heavy (non-hydrogen) atoms. The van der Waals surface area contributed by atoms with Crippen molar-refractivity contribution in [1.29, 1.82) is 0 Å². The Balaban J connectivity index is 1.96. The summed E-state index contributed by atoms with van der Waals surface area (Å²) in [5.74, 6) is 0.807. The van der Waals surface area contributed by atoms with Gasteiger partial charge in [0.1, 0.15) is 0 Å². The summed E-state index contributed by atoms with van der Waals surface area (Å²) < 4.78 is 0. The van der Waals surface area contributed by atoms with Crippen molar-refractivity contribution in [2.75, 3.05) is 20.6 Å². The molecule has 4 heteroatoms. The number of hydrogen-bond donors (Lipinski definition) is 1. The van der Waals surface area contributed by atoms with E-state index >= 15 is 0 Å². The smallest absolute Gasteiger partial charge is 0.0465 e. The van der Waals surface area contributed by atoms with Gasteiger partial charge in [-0.2, -0.15) is 0 Å². The number of halogens is 2. The lowest BCUT2D eigenvalue weighted by Gasteiger charge is -2.45.